The lowest BCUT2D eigenvalue weighted by atomic mass is 9.88. The highest BCUT2D eigenvalue weighted by Crippen LogP contribution is 2.46. The van der Waals surface area contributed by atoms with Gasteiger partial charge in [0.2, 0.25) is 5.91 Å². The van der Waals surface area contributed by atoms with Crippen molar-refractivity contribution < 1.29 is 23.8 Å². The minimum absolute atomic E-state index is 0.158. The Kier molecular flexibility index (Phi) is 7.14. The molecule has 8 heteroatoms. The number of amides is 3. The molecule has 2 aromatic carbocycles. The van der Waals surface area contributed by atoms with Gasteiger partial charge in [-0.25, -0.2) is 4.79 Å². The van der Waals surface area contributed by atoms with Crippen molar-refractivity contribution in [3.8, 4) is 17.2 Å². The number of ether oxygens (including phenoxy) is 3. The van der Waals surface area contributed by atoms with Gasteiger partial charge < -0.3 is 29.7 Å². The van der Waals surface area contributed by atoms with Crippen LogP contribution in [0.25, 0.3) is 0 Å². The van der Waals surface area contributed by atoms with Crippen molar-refractivity contribution >= 4 is 17.6 Å². The number of nitrogens with zero attached hydrogens (tertiary/aromatic N) is 1. The largest absolute Gasteiger partial charge is 0.497 e. The Labute approximate surface area is 200 Å². The van der Waals surface area contributed by atoms with E-state index in [2.05, 4.69) is 17.6 Å². The van der Waals surface area contributed by atoms with Gasteiger partial charge in [0.1, 0.15) is 17.2 Å². The Bertz CT molecular complexity index is 1040. The molecule has 1 aliphatic heterocycles. The van der Waals surface area contributed by atoms with Crippen LogP contribution in [0, 0.1) is 17.8 Å². The number of hydrogen-bond donors (Lipinski definition) is 2. The summed E-state index contributed by atoms with van der Waals surface area (Å²) < 4.78 is 16.0. The Morgan fingerprint density at radius 2 is 1.82 bits per heavy atom. The molecular weight excluding hydrogens is 434 g/mol. The monoisotopic (exact) mass is 467 g/mol. The molecule has 182 valence electrons. The van der Waals surface area contributed by atoms with Crippen molar-refractivity contribution in [1.29, 1.82) is 0 Å². The van der Waals surface area contributed by atoms with Crippen LogP contribution in [0.15, 0.2) is 42.5 Å². The van der Waals surface area contributed by atoms with Gasteiger partial charge in [-0.05, 0) is 48.4 Å². The zero-order chi connectivity index (χ0) is 24.2. The van der Waals surface area contributed by atoms with E-state index in [-0.39, 0.29) is 29.8 Å². The summed E-state index contributed by atoms with van der Waals surface area (Å²) in [7, 11) is 4.84. The number of likely N-dealkylation sites (tertiary alicyclic amines) is 1. The number of rotatable bonds is 8. The van der Waals surface area contributed by atoms with Crippen LogP contribution in [0.2, 0.25) is 0 Å². The zero-order valence-corrected chi connectivity index (χ0v) is 20.2. The smallest absolute Gasteiger partial charge is 0.319 e. The molecule has 1 saturated carbocycles. The van der Waals surface area contributed by atoms with E-state index in [0.717, 1.165) is 17.7 Å². The molecule has 0 aromatic heterocycles. The van der Waals surface area contributed by atoms with Crippen LogP contribution >= 0.6 is 0 Å². The number of nitrogens with one attached hydrogen (secondary N) is 2. The van der Waals surface area contributed by atoms with E-state index >= 15 is 0 Å². The van der Waals surface area contributed by atoms with E-state index < -0.39 is 0 Å². The van der Waals surface area contributed by atoms with Crippen LogP contribution in [-0.2, 0) is 11.3 Å². The maximum absolute atomic E-state index is 13.0. The minimum atomic E-state index is -0.256. The molecule has 0 bridgehead atoms. The van der Waals surface area contributed by atoms with Gasteiger partial charge in [-0.3, -0.25) is 4.79 Å². The molecule has 2 fully saturated rings. The first-order valence-electron chi connectivity index (χ1n) is 11.6. The second-order valence-electron chi connectivity index (χ2n) is 9.08. The van der Waals surface area contributed by atoms with E-state index in [9.17, 15) is 9.59 Å². The predicted molar refractivity (Wildman–Crippen MR) is 129 cm³/mol. The molecule has 4 rings (SSSR count). The molecule has 0 radical (unpaired) electrons. The number of benzene rings is 2. The number of urea groups is 1. The molecule has 1 saturated heterocycles. The first-order chi connectivity index (χ1) is 16.4. The Balaban J connectivity index is 1.38. The van der Waals surface area contributed by atoms with Crippen LogP contribution in [0.1, 0.15) is 25.3 Å². The standard InChI is InChI=1S/C26H33N3O5/c1-16-10-23-21(22(16)14-27-26(31)28-18-6-5-7-19(11-18)32-2)13-25(30)29(23)15-17-8-9-20(33-3)12-24(17)34-4/h5-9,11-12,16,21-23H,10,13-15H2,1-4H3,(H2,27,28,31)/t16-,21-,22+,23+/m0/s1. The third kappa shape index (κ3) is 4.90. The van der Waals surface area contributed by atoms with Gasteiger partial charge in [-0.1, -0.05) is 13.0 Å². The summed E-state index contributed by atoms with van der Waals surface area (Å²) >= 11 is 0. The second kappa shape index (κ2) is 10.2. The zero-order valence-electron chi connectivity index (χ0n) is 20.2. The quantitative estimate of drug-likeness (QED) is 0.615. The van der Waals surface area contributed by atoms with Gasteiger partial charge in [-0.15, -0.1) is 0 Å². The molecule has 8 nitrogen and oxygen atoms in total. The number of anilines is 1. The lowest BCUT2D eigenvalue weighted by Gasteiger charge is -2.25. The maximum atomic E-state index is 13.0. The van der Waals surface area contributed by atoms with Crippen molar-refractivity contribution in [1.82, 2.24) is 10.2 Å². The first-order valence-corrected chi connectivity index (χ1v) is 11.6. The van der Waals surface area contributed by atoms with Crippen molar-refractivity contribution in [2.75, 3.05) is 33.2 Å². The summed E-state index contributed by atoms with van der Waals surface area (Å²) in [4.78, 5) is 27.4. The number of methoxy groups -OCH3 is 3. The fourth-order valence-corrected chi connectivity index (χ4v) is 5.40. The highest BCUT2D eigenvalue weighted by molar-refractivity contribution is 5.89. The normalized spacial score (nSPS) is 23.4. The number of carbonyl (C=O) groups is 2. The fourth-order valence-electron chi connectivity index (χ4n) is 5.40. The number of fused-ring (bicyclic) bond motifs is 1. The molecule has 1 heterocycles. The van der Waals surface area contributed by atoms with Crippen molar-refractivity contribution in [2.24, 2.45) is 17.8 Å². The summed E-state index contributed by atoms with van der Waals surface area (Å²) in [6.45, 7) is 3.25. The molecule has 2 N–H and O–H groups in total. The molecule has 34 heavy (non-hydrogen) atoms. The van der Waals surface area contributed by atoms with E-state index in [1.165, 1.54) is 0 Å². The molecule has 1 aliphatic carbocycles. The van der Waals surface area contributed by atoms with Crippen LogP contribution in [0.3, 0.4) is 0 Å². The highest BCUT2D eigenvalue weighted by atomic mass is 16.5. The third-order valence-corrected chi connectivity index (χ3v) is 7.18. The summed E-state index contributed by atoms with van der Waals surface area (Å²) in [5.74, 6) is 3.15. The Morgan fingerprint density at radius 3 is 2.56 bits per heavy atom. The molecular formula is C26H33N3O5. The topological polar surface area (TPSA) is 89.1 Å². The predicted octanol–water partition coefficient (Wildman–Crippen LogP) is 3.91. The van der Waals surface area contributed by atoms with Crippen molar-refractivity contribution in [3.05, 3.63) is 48.0 Å². The number of hydrogen-bond acceptors (Lipinski definition) is 5. The van der Waals surface area contributed by atoms with Crippen molar-refractivity contribution in [3.63, 3.8) is 0 Å². The van der Waals surface area contributed by atoms with Gasteiger partial charge in [0.15, 0.2) is 0 Å². The van der Waals surface area contributed by atoms with Crippen LogP contribution in [0.5, 0.6) is 17.2 Å². The Morgan fingerprint density at radius 1 is 1.06 bits per heavy atom. The molecule has 3 amide bonds. The highest BCUT2D eigenvalue weighted by Gasteiger charge is 2.50. The van der Waals surface area contributed by atoms with Gasteiger partial charge in [0.25, 0.3) is 0 Å². The molecule has 4 atom stereocenters. The third-order valence-electron chi connectivity index (χ3n) is 7.18. The second-order valence-corrected chi connectivity index (χ2v) is 9.08. The minimum Gasteiger partial charge on any atom is -0.497 e. The molecule has 0 spiro atoms. The number of carbonyl (C=O) groups excluding carboxylic acids is 2. The maximum Gasteiger partial charge on any atom is 0.319 e. The van der Waals surface area contributed by atoms with Crippen LogP contribution in [-0.4, -0.2) is 50.8 Å². The lowest BCUT2D eigenvalue weighted by Crippen LogP contribution is -2.36. The van der Waals surface area contributed by atoms with Crippen LogP contribution < -0.4 is 24.8 Å². The van der Waals surface area contributed by atoms with E-state index in [1.807, 2.05) is 41.3 Å². The SMILES string of the molecule is COc1cccc(NC(=O)NC[C@H]2[C@@H]3CC(=O)N(Cc4ccc(OC)cc4OC)[C@@H]3C[C@@H]2C)c1. The van der Waals surface area contributed by atoms with Gasteiger partial charge in [0.05, 0.1) is 21.3 Å². The average molecular weight is 468 g/mol. The van der Waals surface area contributed by atoms with Crippen molar-refractivity contribution in [2.45, 2.75) is 32.4 Å². The average Bonchev–Trinajstić information content (AvgIpc) is 3.30. The van der Waals surface area contributed by atoms with Gasteiger partial charge in [0, 0.05) is 48.9 Å². The summed E-state index contributed by atoms with van der Waals surface area (Å²) in [5.41, 5.74) is 1.63. The molecule has 0 unspecified atom stereocenters. The Hall–Kier alpha value is -3.42. The summed E-state index contributed by atoms with van der Waals surface area (Å²) in [5, 5.41) is 5.87. The fraction of sp³-hybridized carbons (Fsp3) is 0.462. The first kappa shape index (κ1) is 23.7. The van der Waals surface area contributed by atoms with E-state index in [1.54, 1.807) is 27.4 Å². The summed E-state index contributed by atoms with van der Waals surface area (Å²) in [6.07, 6.45) is 1.44. The van der Waals surface area contributed by atoms with Gasteiger partial charge >= 0.3 is 6.03 Å². The van der Waals surface area contributed by atoms with E-state index in [0.29, 0.717) is 42.6 Å². The molecule has 2 aliphatic rings. The lowest BCUT2D eigenvalue weighted by molar-refractivity contribution is -0.129. The van der Waals surface area contributed by atoms with Crippen LogP contribution in [0.4, 0.5) is 10.5 Å². The van der Waals surface area contributed by atoms with E-state index in [4.69, 9.17) is 14.2 Å². The van der Waals surface area contributed by atoms with Gasteiger partial charge in [-0.2, -0.15) is 0 Å². The molecule has 2 aromatic rings. The summed E-state index contributed by atoms with van der Waals surface area (Å²) in [6, 6.07) is 12.8.